The van der Waals surface area contributed by atoms with Gasteiger partial charge in [0, 0.05) is 13.0 Å². The minimum atomic E-state index is -0.268. The SMILES string of the molecule is CC1(C)CN(C(=O)NCC2Cc3ccccc3O2)CCO1. The molecule has 2 aliphatic heterocycles. The topological polar surface area (TPSA) is 50.8 Å². The maximum Gasteiger partial charge on any atom is 0.317 e. The fourth-order valence-corrected chi connectivity index (χ4v) is 2.87. The lowest BCUT2D eigenvalue weighted by molar-refractivity contribution is -0.0734. The molecule has 21 heavy (non-hydrogen) atoms. The number of amides is 2. The van der Waals surface area contributed by atoms with Gasteiger partial charge in [-0.15, -0.1) is 0 Å². The van der Waals surface area contributed by atoms with Gasteiger partial charge in [0.2, 0.25) is 0 Å². The molecular weight excluding hydrogens is 268 g/mol. The predicted molar refractivity (Wildman–Crippen MR) is 79.6 cm³/mol. The molecule has 2 aliphatic rings. The van der Waals surface area contributed by atoms with Gasteiger partial charge < -0.3 is 19.7 Å². The van der Waals surface area contributed by atoms with E-state index in [4.69, 9.17) is 9.47 Å². The van der Waals surface area contributed by atoms with Crippen LogP contribution in [0, 0.1) is 0 Å². The number of para-hydroxylation sites is 1. The summed E-state index contributed by atoms with van der Waals surface area (Å²) in [6, 6.07) is 7.99. The Kier molecular flexibility index (Phi) is 3.76. The smallest absolute Gasteiger partial charge is 0.317 e. The molecule has 0 radical (unpaired) electrons. The summed E-state index contributed by atoms with van der Waals surface area (Å²) in [5.74, 6) is 0.934. The number of carbonyl (C=O) groups is 1. The van der Waals surface area contributed by atoms with Crippen molar-refractivity contribution < 1.29 is 14.3 Å². The molecule has 5 nitrogen and oxygen atoms in total. The maximum atomic E-state index is 12.2. The third-order valence-electron chi connectivity index (χ3n) is 3.91. The Morgan fingerprint density at radius 3 is 3.00 bits per heavy atom. The zero-order chi connectivity index (χ0) is 14.9. The summed E-state index contributed by atoms with van der Waals surface area (Å²) in [5.41, 5.74) is 0.944. The van der Waals surface area contributed by atoms with Gasteiger partial charge in [0.25, 0.3) is 0 Å². The van der Waals surface area contributed by atoms with E-state index in [1.807, 2.05) is 36.9 Å². The summed E-state index contributed by atoms with van der Waals surface area (Å²) < 4.78 is 11.4. The van der Waals surface area contributed by atoms with Gasteiger partial charge in [-0.1, -0.05) is 18.2 Å². The Labute approximate surface area is 125 Å². The summed E-state index contributed by atoms with van der Waals surface area (Å²) in [5, 5.41) is 2.97. The third kappa shape index (κ3) is 3.29. The van der Waals surface area contributed by atoms with Crippen LogP contribution in [0.3, 0.4) is 0 Å². The predicted octanol–water partition coefficient (Wildman–Crippen LogP) is 1.81. The minimum Gasteiger partial charge on any atom is -0.488 e. The number of urea groups is 1. The molecule has 1 N–H and O–H groups in total. The fourth-order valence-electron chi connectivity index (χ4n) is 2.87. The first-order valence-corrected chi connectivity index (χ1v) is 7.45. The van der Waals surface area contributed by atoms with E-state index in [1.165, 1.54) is 5.56 Å². The summed E-state index contributed by atoms with van der Waals surface area (Å²) in [4.78, 5) is 14.0. The number of nitrogens with one attached hydrogen (secondary N) is 1. The Morgan fingerprint density at radius 1 is 1.43 bits per heavy atom. The normalized spacial score (nSPS) is 23.3. The van der Waals surface area contributed by atoms with Gasteiger partial charge in [0.1, 0.15) is 11.9 Å². The van der Waals surface area contributed by atoms with Crippen LogP contribution >= 0.6 is 0 Å². The molecule has 0 saturated carbocycles. The summed E-state index contributed by atoms with van der Waals surface area (Å²) in [6.07, 6.45) is 0.880. The molecule has 0 bridgehead atoms. The average molecular weight is 290 g/mol. The van der Waals surface area contributed by atoms with Crippen LogP contribution in [-0.4, -0.2) is 48.9 Å². The second-order valence-corrected chi connectivity index (χ2v) is 6.27. The first-order chi connectivity index (χ1) is 10.0. The van der Waals surface area contributed by atoms with Crippen molar-refractivity contribution in [3.8, 4) is 5.75 Å². The first kappa shape index (κ1) is 14.2. The average Bonchev–Trinajstić information content (AvgIpc) is 2.86. The van der Waals surface area contributed by atoms with Crippen molar-refractivity contribution in [2.24, 2.45) is 0 Å². The number of fused-ring (bicyclic) bond motifs is 1. The summed E-state index contributed by atoms with van der Waals surface area (Å²) in [7, 11) is 0. The number of carbonyl (C=O) groups excluding carboxylic acids is 1. The zero-order valence-corrected chi connectivity index (χ0v) is 12.6. The number of ether oxygens (including phenoxy) is 2. The molecule has 5 heteroatoms. The van der Waals surface area contributed by atoms with E-state index in [1.54, 1.807) is 0 Å². The van der Waals surface area contributed by atoms with Crippen LogP contribution in [0.2, 0.25) is 0 Å². The molecule has 1 aromatic rings. The summed E-state index contributed by atoms with van der Waals surface area (Å²) >= 11 is 0. The molecule has 2 heterocycles. The van der Waals surface area contributed by atoms with Crippen LogP contribution in [-0.2, 0) is 11.2 Å². The van der Waals surface area contributed by atoms with Gasteiger partial charge >= 0.3 is 6.03 Å². The molecule has 0 spiro atoms. The van der Waals surface area contributed by atoms with Gasteiger partial charge in [0.05, 0.1) is 25.3 Å². The zero-order valence-electron chi connectivity index (χ0n) is 12.6. The molecule has 0 aromatic heterocycles. The highest BCUT2D eigenvalue weighted by Gasteiger charge is 2.30. The number of nitrogens with zero attached hydrogens (tertiary/aromatic N) is 1. The van der Waals surface area contributed by atoms with Crippen LogP contribution in [0.4, 0.5) is 4.79 Å². The van der Waals surface area contributed by atoms with E-state index in [2.05, 4.69) is 11.4 Å². The van der Waals surface area contributed by atoms with E-state index in [-0.39, 0.29) is 17.7 Å². The molecule has 1 aromatic carbocycles. The van der Waals surface area contributed by atoms with Crippen molar-refractivity contribution in [1.82, 2.24) is 10.2 Å². The Hall–Kier alpha value is -1.75. The number of benzene rings is 1. The molecular formula is C16H22N2O3. The van der Waals surface area contributed by atoms with Crippen molar-refractivity contribution in [3.05, 3.63) is 29.8 Å². The second kappa shape index (κ2) is 5.56. The van der Waals surface area contributed by atoms with Crippen LogP contribution in [0.1, 0.15) is 19.4 Å². The first-order valence-electron chi connectivity index (χ1n) is 7.45. The Bertz CT molecular complexity index is 505. The van der Waals surface area contributed by atoms with E-state index in [0.717, 1.165) is 12.2 Å². The van der Waals surface area contributed by atoms with Crippen molar-refractivity contribution in [2.45, 2.75) is 32.0 Å². The van der Waals surface area contributed by atoms with E-state index < -0.39 is 0 Å². The lowest BCUT2D eigenvalue weighted by Crippen LogP contribution is -2.54. The molecule has 1 fully saturated rings. The van der Waals surface area contributed by atoms with Gasteiger partial charge in [-0.3, -0.25) is 0 Å². The molecule has 0 aliphatic carbocycles. The Balaban J connectivity index is 1.49. The second-order valence-electron chi connectivity index (χ2n) is 6.27. The fraction of sp³-hybridized carbons (Fsp3) is 0.562. The summed E-state index contributed by atoms with van der Waals surface area (Å²) in [6.45, 7) is 6.38. The standard InChI is InChI=1S/C16H22N2O3/c1-16(2)11-18(7-8-20-16)15(19)17-10-13-9-12-5-3-4-6-14(12)21-13/h3-6,13H,7-11H2,1-2H3,(H,17,19). The van der Waals surface area contributed by atoms with E-state index in [9.17, 15) is 4.79 Å². The highest BCUT2D eigenvalue weighted by molar-refractivity contribution is 5.74. The molecule has 1 saturated heterocycles. The maximum absolute atomic E-state index is 12.2. The van der Waals surface area contributed by atoms with Crippen LogP contribution in [0.25, 0.3) is 0 Å². The van der Waals surface area contributed by atoms with Gasteiger partial charge in [-0.2, -0.15) is 0 Å². The van der Waals surface area contributed by atoms with E-state index in [0.29, 0.717) is 26.2 Å². The highest BCUT2D eigenvalue weighted by Crippen LogP contribution is 2.27. The van der Waals surface area contributed by atoms with Crippen molar-refractivity contribution in [2.75, 3.05) is 26.2 Å². The van der Waals surface area contributed by atoms with Crippen molar-refractivity contribution in [3.63, 3.8) is 0 Å². The minimum absolute atomic E-state index is 0.0281. The monoisotopic (exact) mass is 290 g/mol. The highest BCUT2D eigenvalue weighted by atomic mass is 16.5. The van der Waals surface area contributed by atoms with Crippen LogP contribution < -0.4 is 10.1 Å². The number of hydrogen-bond donors (Lipinski definition) is 1. The lowest BCUT2D eigenvalue weighted by atomic mass is 10.1. The molecule has 2 amide bonds. The number of rotatable bonds is 2. The third-order valence-corrected chi connectivity index (χ3v) is 3.91. The molecule has 3 rings (SSSR count). The largest absolute Gasteiger partial charge is 0.488 e. The Morgan fingerprint density at radius 2 is 2.24 bits per heavy atom. The van der Waals surface area contributed by atoms with Crippen molar-refractivity contribution in [1.29, 1.82) is 0 Å². The number of hydrogen-bond acceptors (Lipinski definition) is 3. The van der Waals surface area contributed by atoms with Gasteiger partial charge in [0.15, 0.2) is 0 Å². The van der Waals surface area contributed by atoms with E-state index >= 15 is 0 Å². The number of morpholine rings is 1. The molecule has 114 valence electrons. The van der Waals surface area contributed by atoms with Crippen LogP contribution in [0.5, 0.6) is 5.75 Å². The molecule has 1 unspecified atom stereocenters. The van der Waals surface area contributed by atoms with Crippen LogP contribution in [0.15, 0.2) is 24.3 Å². The lowest BCUT2D eigenvalue weighted by Gasteiger charge is -2.38. The quantitative estimate of drug-likeness (QED) is 0.904. The van der Waals surface area contributed by atoms with Gasteiger partial charge in [-0.05, 0) is 25.5 Å². The van der Waals surface area contributed by atoms with Gasteiger partial charge in [-0.25, -0.2) is 4.79 Å². The van der Waals surface area contributed by atoms with Crippen molar-refractivity contribution >= 4 is 6.03 Å². The molecule has 1 atom stereocenters.